The smallest absolute Gasteiger partial charge is 0.123 e. The van der Waals surface area contributed by atoms with Gasteiger partial charge in [0.1, 0.15) is 5.82 Å². The van der Waals surface area contributed by atoms with Crippen molar-refractivity contribution in [3.8, 4) is 0 Å². The van der Waals surface area contributed by atoms with Crippen LogP contribution in [0.15, 0.2) is 24.3 Å². The molecular formula is C13H18FN. The Morgan fingerprint density at radius 3 is 2.87 bits per heavy atom. The number of rotatable bonds is 4. The molecule has 15 heavy (non-hydrogen) atoms. The molecule has 0 radical (unpaired) electrons. The van der Waals surface area contributed by atoms with Gasteiger partial charge in [-0.15, -0.1) is 0 Å². The molecule has 2 heteroatoms. The topological polar surface area (TPSA) is 12.0 Å². The van der Waals surface area contributed by atoms with E-state index in [9.17, 15) is 4.39 Å². The number of benzene rings is 1. The van der Waals surface area contributed by atoms with Crippen LogP contribution in [0.3, 0.4) is 0 Å². The monoisotopic (exact) mass is 207 g/mol. The van der Waals surface area contributed by atoms with E-state index >= 15 is 0 Å². The molecule has 0 spiro atoms. The fraction of sp³-hybridized carbons (Fsp3) is 0.538. The quantitative estimate of drug-likeness (QED) is 0.800. The Morgan fingerprint density at radius 2 is 2.27 bits per heavy atom. The van der Waals surface area contributed by atoms with Crippen LogP contribution in [0.5, 0.6) is 0 Å². The molecule has 0 bridgehead atoms. The van der Waals surface area contributed by atoms with Crippen molar-refractivity contribution in [1.82, 2.24) is 5.32 Å². The Morgan fingerprint density at radius 1 is 1.47 bits per heavy atom. The molecule has 1 aliphatic rings. The molecule has 1 aromatic rings. The van der Waals surface area contributed by atoms with Crippen molar-refractivity contribution in [1.29, 1.82) is 0 Å². The Bertz CT molecular complexity index is 320. The molecule has 1 N–H and O–H groups in total. The summed E-state index contributed by atoms with van der Waals surface area (Å²) < 4.78 is 13.0. The van der Waals surface area contributed by atoms with Crippen molar-refractivity contribution >= 4 is 0 Å². The fourth-order valence-electron chi connectivity index (χ4n) is 1.89. The van der Waals surface area contributed by atoms with E-state index in [-0.39, 0.29) is 5.82 Å². The van der Waals surface area contributed by atoms with Crippen LogP contribution < -0.4 is 5.32 Å². The van der Waals surface area contributed by atoms with Crippen LogP contribution in [-0.4, -0.2) is 12.6 Å². The van der Waals surface area contributed by atoms with Gasteiger partial charge in [0.2, 0.25) is 0 Å². The van der Waals surface area contributed by atoms with Crippen LogP contribution in [0.2, 0.25) is 0 Å². The average Bonchev–Trinajstić information content (AvgIpc) is 2.15. The van der Waals surface area contributed by atoms with Gasteiger partial charge in [-0.05, 0) is 36.5 Å². The molecule has 1 saturated carbocycles. The summed E-state index contributed by atoms with van der Waals surface area (Å²) >= 11 is 0. The lowest BCUT2D eigenvalue weighted by molar-refractivity contribution is 0.334. The molecule has 0 aromatic heterocycles. The highest BCUT2D eigenvalue weighted by Gasteiger charge is 2.17. The Balaban J connectivity index is 1.86. The molecule has 1 aromatic carbocycles. The van der Waals surface area contributed by atoms with Gasteiger partial charge in [-0.3, -0.25) is 0 Å². The number of hydrogen-bond donors (Lipinski definition) is 1. The number of halogens is 1. The second-order valence-corrected chi connectivity index (χ2v) is 4.49. The average molecular weight is 207 g/mol. The van der Waals surface area contributed by atoms with Gasteiger partial charge in [0.25, 0.3) is 0 Å². The molecule has 0 aliphatic heterocycles. The lowest BCUT2D eigenvalue weighted by atomic mass is 9.92. The predicted octanol–water partition coefficient (Wildman–Crippen LogP) is 3.07. The number of nitrogens with one attached hydrogen (secondary N) is 1. The van der Waals surface area contributed by atoms with Gasteiger partial charge >= 0.3 is 0 Å². The molecule has 1 nitrogen and oxygen atoms in total. The van der Waals surface area contributed by atoms with Crippen molar-refractivity contribution < 1.29 is 4.39 Å². The van der Waals surface area contributed by atoms with E-state index in [0.29, 0.717) is 12.0 Å². The summed E-state index contributed by atoms with van der Waals surface area (Å²) in [6.07, 6.45) is 3.96. The maximum absolute atomic E-state index is 13.0. The first-order valence-electron chi connectivity index (χ1n) is 5.74. The van der Waals surface area contributed by atoms with Crippen LogP contribution in [0.1, 0.15) is 37.7 Å². The van der Waals surface area contributed by atoms with Gasteiger partial charge in [-0.1, -0.05) is 25.5 Å². The van der Waals surface area contributed by atoms with Gasteiger partial charge in [0, 0.05) is 12.6 Å². The normalized spacial score (nSPS) is 18.5. The van der Waals surface area contributed by atoms with E-state index in [0.717, 1.165) is 12.1 Å². The zero-order valence-corrected chi connectivity index (χ0v) is 9.17. The summed E-state index contributed by atoms with van der Waals surface area (Å²) in [6.45, 7) is 3.09. The minimum absolute atomic E-state index is 0.136. The Hall–Kier alpha value is -0.890. The van der Waals surface area contributed by atoms with Crippen molar-refractivity contribution in [3.63, 3.8) is 0 Å². The Kier molecular flexibility index (Phi) is 3.37. The lowest BCUT2D eigenvalue weighted by Gasteiger charge is -2.28. The summed E-state index contributed by atoms with van der Waals surface area (Å²) in [5.41, 5.74) is 1.09. The highest BCUT2D eigenvalue weighted by molar-refractivity contribution is 5.20. The van der Waals surface area contributed by atoms with Gasteiger partial charge in [0.05, 0.1) is 0 Å². The zero-order chi connectivity index (χ0) is 10.7. The standard InChI is InChI=1S/C13H18FN/c1-10(9-15-13-6-3-7-13)11-4-2-5-12(14)8-11/h2,4-5,8,10,13,15H,3,6-7,9H2,1H3. The molecule has 1 atom stereocenters. The van der Waals surface area contributed by atoms with Crippen LogP contribution in [0.4, 0.5) is 4.39 Å². The fourth-order valence-corrected chi connectivity index (χ4v) is 1.89. The van der Waals surface area contributed by atoms with Gasteiger partial charge in [-0.2, -0.15) is 0 Å². The molecule has 0 saturated heterocycles. The number of hydrogen-bond acceptors (Lipinski definition) is 1. The van der Waals surface area contributed by atoms with E-state index in [2.05, 4.69) is 12.2 Å². The third kappa shape index (κ3) is 2.78. The summed E-state index contributed by atoms with van der Waals surface area (Å²) in [5.74, 6) is 0.254. The largest absolute Gasteiger partial charge is 0.313 e. The van der Waals surface area contributed by atoms with E-state index in [1.807, 2.05) is 6.07 Å². The van der Waals surface area contributed by atoms with Gasteiger partial charge < -0.3 is 5.32 Å². The molecule has 1 aliphatic carbocycles. The molecule has 1 fully saturated rings. The molecule has 1 unspecified atom stereocenters. The van der Waals surface area contributed by atoms with Crippen molar-refractivity contribution in [3.05, 3.63) is 35.6 Å². The van der Waals surface area contributed by atoms with E-state index in [1.54, 1.807) is 12.1 Å². The van der Waals surface area contributed by atoms with E-state index in [1.165, 1.54) is 25.3 Å². The minimum Gasteiger partial charge on any atom is -0.313 e. The van der Waals surface area contributed by atoms with E-state index < -0.39 is 0 Å². The predicted molar refractivity (Wildman–Crippen MR) is 60.5 cm³/mol. The maximum atomic E-state index is 13.0. The first-order valence-corrected chi connectivity index (χ1v) is 5.74. The summed E-state index contributed by atoms with van der Waals surface area (Å²) in [5, 5.41) is 3.51. The van der Waals surface area contributed by atoms with Crippen LogP contribution in [0.25, 0.3) is 0 Å². The molecular weight excluding hydrogens is 189 g/mol. The maximum Gasteiger partial charge on any atom is 0.123 e. The molecule has 0 heterocycles. The van der Waals surface area contributed by atoms with Crippen LogP contribution >= 0.6 is 0 Å². The first kappa shape index (κ1) is 10.6. The first-order chi connectivity index (χ1) is 7.25. The van der Waals surface area contributed by atoms with Crippen molar-refractivity contribution in [2.24, 2.45) is 0 Å². The lowest BCUT2D eigenvalue weighted by Crippen LogP contribution is -2.37. The molecule has 82 valence electrons. The third-order valence-electron chi connectivity index (χ3n) is 3.24. The second-order valence-electron chi connectivity index (χ2n) is 4.49. The van der Waals surface area contributed by atoms with Gasteiger partial charge in [0.15, 0.2) is 0 Å². The summed E-state index contributed by atoms with van der Waals surface area (Å²) in [4.78, 5) is 0. The van der Waals surface area contributed by atoms with Gasteiger partial charge in [-0.25, -0.2) is 4.39 Å². The summed E-state index contributed by atoms with van der Waals surface area (Å²) in [7, 11) is 0. The molecule has 0 amide bonds. The van der Waals surface area contributed by atoms with Crippen LogP contribution in [0, 0.1) is 5.82 Å². The Labute approximate surface area is 90.7 Å². The second kappa shape index (κ2) is 4.75. The van der Waals surface area contributed by atoms with Crippen LogP contribution in [-0.2, 0) is 0 Å². The van der Waals surface area contributed by atoms with E-state index in [4.69, 9.17) is 0 Å². The third-order valence-corrected chi connectivity index (χ3v) is 3.24. The molecule has 2 rings (SSSR count). The summed E-state index contributed by atoms with van der Waals surface area (Å²) in [6, 6.07) is 7.62. The van der Waals surface area contributed by atoms with Crippen molar-refractivity contribution in [2.75, 3.05) is 6.54 Å². The van der Waals surface area contributed by atoms with Crippen molar-refractivity contribution in [2.45, 2.75) is 38.1 Å². The highest BCUT2D eigenvalue weighted by atomic mass is 19.1. The highest BCUT2D eigenvalue weighted by Crippen LogP contribution is 2.20. The SMILES string of the molecule is CC(CNC1CCC1)c1cccc(F)c1. The zero-order valence-electron chi connectivity index (χ0n) is 9.17. The minimum atomic E-state index is -0.136.